The molecule has 13 nitrogen and oxygen atoms in total. The Hall–Kier alpha value is -0.852. The zero-order valence-electron chi connectivity index (χ0n) is 79.9. The Bertz CT molecular complexity index is 2970. The summed E-state index contributed by atoms with van der Waals surface area (Å²) < 4.78 is 86.8. The van der Waals surface area contributed by atoms with E-state index in [4.69, 9.17) is 55.0 Å². The second kappa shape index (κ2) is 42.1. The first-order chi connectivity index (χ1) is 50.3. The van der Waals surface area contributed by atoms with Crippen molar-refractivity contribution < 1.29 is 59.8 Å². The Kier molecular flexibility index (Phi) is 39.6. The van der Waals surface area contributed by atoms with Crippen molar-refractivity contribution in [3.05, 3.63) is 71.3 Å². The molecule has 0 bridgehead atoms. The van der Waals surface area contributed by atoms with Crippen LogP contribution in [-0.2, 0) is 66.4 Å². The minimum Gasteiger partial charge on any atom is -0.417 e. The number of ether oxygens (including phenoxy) is 6. The molecule has 2 saturated heterocycles. The number of ketones is 1. The molecule has 2 aliphatic rings. The van der Waals surface area contributed by atoms with Crippen LogP contribution in [0.25, 0.3) is 0 Å². The number of rotatable bonds is 46. The highest BCUT2D eigenvalue weighted by Crippen LogP contribution is 2.53. The minimum absolute atomic E-state index is 0.00610. The summed E-state index contributed by atoms with van der Waals surface area (Å²) in [6.07, 6.45) is 11.9. The molecule has 2 fully saturated rings. The highest BCUT2D eigenvalue weighted by Gasteiger charge is 2.59. The molecule has 1 aromatic rings. The first kappa shape index (κ1) is 104. The molecule has 0 N–H and O–H groups in total. The molecule has 1 unspecified atom stereocenters. The van der Waals surface area contributed by atoms with Crippen LogP contribution in [0.4, 0.5) is 0 Å². The first-order valence-electron chi connectivity index (χ1n) is 43.6. The minimum atomic E-state index is -2.44. The van der Waals surface area contributed by atoms with Gasteiger partial charge < -0.3 is 55.0 Å². The lowest BCUT2D eigenvalue weighted by Gasteiger charge is -2.56. The molecule has 2 heterocycles. The zero-order valence-corrected chi connectivity index (χ0v) is 86.9. The molecule has 0 spiro atoms. The van der Waals surface area contributed by atoms with Gasteiger partial charge in [-0.25, -0.2) is 0 Å². The van der Waals surface area contributed by atoms with Crippen molar-refractivity contribution in [3.63, 3.8) is 0 Å². The molecule has 0 radical (unpaired) electrons. The number of Topliss-reactive ketones (excluding diaryl/α,β-unsaturated/α-hetero) is 1. The van der Waals surface area contributed by atoms with Crippen molar-refractivity contribution in [3.8, 4) is 0 Å². The quantitative estimate of drug-likeness (QED) is 0.0266. The molecule has 9 atom stereocenters. The van der Waals surface area contributed by atoms with Gasteiger partial charge in [-0.15, -0.1) is 0 Å². The second-order valence-corrected chi connectivity index (χ2v) is 79.8. The van der Waals surface area contributed by atoms with Gasteiger partial charge in [0.1, 0.15) is 12.6 Å². The van der Waals surface area contributed by atoms with E-state index in [0.717, 1.165) is 23.6 Å². The molecule has 648 valence electrons. The van der Waals surface area contributed by atoms with Gasteiger partial charge in [0.2, 0.25) is 16.6 Å². The summed E-state index contributed by atoms with van der Waals surface area (Å²) in [5.41, 5.74) is 4.36. The molecular weight excluding hydrogens is 1500 g/mol. The monoisotopic (exact) mass is 1680 g/mol. The van der Waals surface area contributed by atoms with E-state index in [9.17, 15) is 0 Å². The van der Waals surface area contributed by atoms with E-state index in [1.54, 1.807) is 0 Å². The lowest BCUT2D eigenvalue weighted by molar-refractivity contribution is -0.362. The molecule has 0 amide bonds. The smallest absolute Gasteiger partial charge is 0.200 e. The van der Waals surface area contributed by atoms with Gasteiger partial charge in [0.15, 0.2) is 39.1 Å². The van der Waals surface area contributed by atoms with Gasteiger partial charge in [-0.1, -0.05) is 265 Å². The van der Waals surface area contributed by atoms with Crippen LogP contribution < -0.4 is 0 Å². The lowest BCUT2D eigenvalue weighted by Crippen LogP contribution is -2.63. The third-order valence-electron chi connectivity index (χ3n) is 27.6. The van der Waals surface area contributed by atoms with Crippen molar-refractivity contribution in [1.29, 1.82) is 0 Å². The van der Waals surface area contributed by atoms with Gasteiger partial charge in [-0.3, -0.25) is 4.79 Å². The van der Waals surface area contributed by atoms with Crippen LogP contribution in [0.1, 0.15) is 264 Å². The number of carbonyl (C=O) groups excluding carboxylic acids is 1. The van der Waals surface area contributed by atoms with Crippen LogP contribution in [0.5, 0.6) is 0 Å². The average molecular weight is 1680 g/mol. The number of benzene rings is 1. The van der Waals surface area contributed by atoms with Crippen LogP contribution in [0.3, 0.4) is 0 Å². The SMILES string of the molecule is CO[C@@]1(C[C@@H]2C/C(=C/CO[Si](C(C)C)(C(C)C)C(C)C)C[C@H](/C=C/C(C)(C)C(=O)C/C(=C/CO[Si](C(C)C)(C(C)C)C(C)C)C[C@@H](C[C@@H](OCOCC[Si](C)(C)C)[C@@H](C)O[Si](C)(C)C(C)(C)C)O[Si](C)(C)C(C)(C)C)O2)OC(C[C@H](CCO[Si](C)(C)C(C)(C)C)O[Si](C)(C)C(C)(C)C)C[C@H](OCc2ccccc2)C1(C)C. The summed E-state index contributed by atoms with van der Waals surface area (Å²) in [7, 11) is -13.1. The van der Waals surface area contributed by atoms with Crippen molar-refractivity contribution in [2.75, 3.05) is 40.3 Å². The number of hydrogen-bond acceptors (Lipinski definition) is 13. The normalized spacial score (nSPS) is 22.0. The van der Waals surface area contributed by atoms with E-state index in [1.165, 1.54) is 5.57 Å². The third kappa shape index (κ3) is 29.8. The molecule has 111 heavy (non-hydrogen) atoms. The summed E-state index contributed by atoms with van der Waals surface area (Å²) in [6, 6.07) is 11.6. The molecule has 0 saturated carbocycles. The molecule has 1 aromatic carbocycles. The standard InChI is InChI=1S/C91H178O13Si7/c1-67(2)110(68(3)4,69(5)6)98-52-48-75-57-77(100-81(59-75)64-91(93-30)90(28,29)84(95-65-74-45-43-42-44-46-74)63-79(101-91)61-78(103-108(38,39)87(20,21)22)50-54-97-106(34,35)85(14,15)16)47-51-89(26,27)83(92)60-76(49-53-99-111(70(7)8,71(9)10)72(11)12)58-80(104-109(40,41)88(23,24)25)62-82(96-66-94-55-56-105(31,32)33)73(13)102-107(36,37)86(17,18)19/h42-49,51,67-73,77-82,84H,50,52-66H2,1-41H3/b51-47+,75-48+,76-49+/t73-,77+,78+,79?,80+,81+,82-,84+,91+/m1/s1. The maximum atomic E-state index is 15.9. The maximum absolute atomic E-state index is 15.9. The molecule has 2 aliphatic heterocycles. The van der Waals surface area contributed by atoms with Crippen LogP contribution in [0, 0.1) is 10.8 Å². The summed E-state index contributed by atoms with van der Waals surface area (Å²) in [4.78, 5) is 15.9. The Balaban J connectivity index is 2.36. The Morgan fingerprint density at radius 3 is 1.56 bits per heavy atom. The van der Waals surface area contributed by atoms with Crippen molar-refractivity contribution >= 4 is 63.8 Å². The van der Waals surface area contributed by atoms with Gasteiger partial charge in [-0.05, 0) is 170 Å². The maximum Gasteiger partial charge on any atom is 0.200 e. The Morgan fingerprint density at radius 2 is 1.08 bits per heavy atom. The Labute approximate surface area is 692 Å². The third-order valence-corrected chi connectivity index (χ3v) is 59.7. The molecule has 0 aromatic heterocycles. The van der Waals surface area contributed by atoms with Crippen LogP contribution >= 0.6 is 0 Å². The van der Waals surface area contributed by atoms with E-state index in [0.29, 0.717) is 111 Å². The van der Waals surface area contributed by atoms with Gasteiger partial charge in [-0.2, -0.15) is 0 Å². The highest BCUT2D eigenvalue weighted by molar-refractivity contribution is 6.78. The summed E-state index contributed by atoms with van der Waals surface area (Å²) in [5, 5.41) is -0.0237. The molecule has 20 heteroatoms. The van der Waals surface area contributed by atoms with E-state index < -0.39 is 74.6 Å². The fourth-order valence-electron chi connectivity index (χ4n) is 16.3. The van der Waals surface area contributed by atoms with Crippen LogP contribution in [-0.4, -0.2) is 159 Å². The van der Waals surface area contributed by atoms with E-state index in [2.05, 4.69) is 327 Å². The number of carbonyl (C=O) groups is 1. The van der Waals surface area contributed by atoms with Gasteiger partial charge >= 0.3 is 0 Å². The zero-order chi connectivity index (χ0) is 85.6. The van der Waals surface area contributed by atoms with Crippen molar-refractivity contribution in [1.82, 2.24) is 0 Å². The number of methoxy groups -OCH3 is 1. The first-order valence-corrected chi connectivity index (χ1v) is 63.2. The van der Waals surface area contributed by atoms with E-state index >= 15 is 4.79 Å². The summed E-state index contributed by atoms with van der Waals surface area (Å²) in [6.45, 7) is 95.5. The molecule has 0 aliphatic carbocycles. The fourth-order valence-corrected chi connectivity index (χ4v) is 33.1. The molecule has 3 rings (SSSR count). The van der Waals surface area contributed by atoms with E-state index in [1.807, 2.05) is 7.11 Å². The van der Waals surface area contributed by atoms with Crippen LogP contribution in [0.2, 0.25) is 131 Å². The van der Waals surface area contributed by atoms with E-state index in [-0.39, 0.29) is 88.0 Å². The summed E-state index contributed by atoms with van der Waals surface area (Å²) >= 11 is 0. The van der Waals surface area contributed by atoms with Crippen molar-refractivity contribution in [2.24, 2.45) is 10.8 Å². The van der Waals surface area contributed by atoms with Crippen LogP contribution in [0.15, 0.2) is 65.8 Å². The Morgan fingerprint density at radius 1 is 0.595 bits per heavy atom. The predicted molar refractivity (Wildman–Crippen MR) is 491 cm³/mol. The van der Waals surface area contributed by atoms with Gasteiger partial charge in [0.25, 0.3) is 0 Å². The van der Waals surface area contributed by atoms with Gasteiger partial charge in [0.05, 0.1) is 62.5 Å². The highest BCUT2D eigenvalue weighted by atomic mass is 28.4. The van der Waals surface area contributed by atoms with Gasteiger partial charge in [0, 0.05) is 71.0 Å². The van der Waals surface area contributed by atoms with Crippen molar-refractivity contribution in [2.45, 2.75) is 451 Å². The largest absolute Gasteiger partial charge is 0.417 e. The lowest BCUT2D eigenvalue weighted by atomic mass is 9.70. The second-order valence-electron chi connectivity index (χ2n) is 44.2. The topological polar surface area (TPSA) is 128 Å². The molecular formula is C91H178O13Si7. The summed E-state index contributed by atoms with van der Waals surface area (Å²) in [5.74, 6) is -1.03. The fraction of sp³-hybridized carbons (Fsp3) is 0.857. The predicted octanol–water partition coefficient (Wildman–Crippen LogP) is 26.9. The number of hydrogen-bond donors (Lipinski definition) is 0. The average Bonchev–Trinajstić information content (AvgIpc) is 0.738. The number of allylic oxidation sites excluding steroid dienone is 1.